The third-order valence-corrected chi connectivity index (χ3v) is 6.88. The van der Waals surface area contributed by atoms with Crippen LogP contribution in [0, 0.1) is 12.8 Å². The van der Waals surface area contributed by atoms with Gasteiger partial charge in [-0.2, -0.15) is 0 Å². The van der Waals surface area contributed by atoms with Crippen molar-refractivity contribution >= 4 is 11.8 Å². The number of aryl methyl sites for hydroxylation is 1. The first kappa shape index (κ1) is 23.0. The van der Waals surface area contributed by atoms with Gasteiger partial charge in [-0.3, -0.25) is 14.6 Å². The molecule has 35 heavy (non-hydrogen) atoms. The van der Waals surface area contributed by atoms with Gasteiger partial charge < -0.3 is 20.3 Å². The van der Waals surface area contributed by atoms with E-state index in [-0.39, 0.29) is 29.7 Å². The molecule has 0 radical (unpaired) electrons. The summed E-state index contributed by atoms with van der Waals surface area (Å²) in [4.78, 5) is 36.9. The quantitative estimate of drug-likeness (QED) is 0.593. The van der Waals surface area contributed by atoms with Crippen LogP contribution in [-0.4, -0.2) is 51.9 Å². The summed E-state index contributed by atoms with van der Waals surface area (Å²) in [5.41, 5.74) is 1.74. The predicted octanol–water partition coefficient (Wildman–Crippen LogP) is 3.26. The fourth-order valence-electron chi connectivity index (χ4n) is 5.43. The van der Waals surface area contributed by atoms with E-state index in [0.29, 0.717) is 24.4 Å². The summed E-state index contributed by atoms with van der Waals surface area (Å²) >= 11 is 0. The number of fused-ring (bicyclic) bond motifs is 1. The zero-order chi connectivity index (χ0) is 24.4. The van der Waals surface area contributed by atoms with Crippen molar-refractivity contribution in [3.63, 3.8) is 0 Å². The molecule has 2 N–H and O–H groups in total. The smallest absolute Gasteiger partial charge is 0.259 e. The topological polar surface area (TPSA) is 96.5 Å². The number of carbonyl (C=O) groups is 2. The lowest BCUT2D eigenvalue weighted by atomic mass is 9.76. The number of carbonyl (C=O) groups excluding carboxylic acids is 2. The van der Waals surface area contributed by atoms with E-state index in [1.165, 1.54) is 6.92 Å². The maximum atomic E-state index is 14.1. The average molecular weight is 472 g/mol. The van der Waals surface area contributed by atoms with E-state index < -0.39 is 5.54 Å². The van der Waals surface area contributed by atoms with E-state index in [9.17, 15) is 9.59 Å². The average Bonchev–Trinajstić information content (AvgIpc) is 3.20. The normalized spacial score (nSPS) is 23.4. The van der Waals surface area contributed by atoms with E-state index in [4.69, 9.17) is 4.74 Å². The number of rotatable bonds is 5. The number of hydrogen-bond donors (Lipinski definition) is 2. The number of pyridine rings is 2. The minimum Gasteiger partial charge on any atom is -0.437 e. The number of nitrogens with one attached hydrogen (secondary N) is 2. The number of nitrogens with zero attached hydrogens (tertiary/aromatic N) is 3. The van der Waals surface area contributed by atoms with Crippen LogP contribution in [-0.2, 0) is 4.79 Å². The van der Waals surface area contributed by atoms with Gasteiger partial charge in [0.25, 0.3) is 5.91 Å². The highest BCUT2D eigenvalue weighted by atomic mass is 16.5. The number of hydrogen-bond acceptors (Lipinski definition) is 6. The van der Waals surface area contributed by atoms with Crippen molar-refractivity contribution in [3.05, 3.63) is 83.8 Å². The van der Waals surface area contributed by atoms with Crippen molar-refractivity contribution in [1.29, 1.82) is 0 Å². The molecule has 2 saturated heterocycles. The summed E-state index contributed by atoms with van der Waals surface area (Å²) in [6.45, 7) is 5.26. The van der Waals surface area contributed by atoms with Crippen molar-refractivity contribution in [2.75, 3.05) is 19.6 Å². The minimum atomic E-state index is -0.551. The Morgan fingerprint density at radius 1 is 1.11 bits per heavy atom. The number of aromatic nitrogens is 2. The highest BCUT2D eigenvalue weighted by Gasteiger charge is 2.56. The second kappa shape index (κ2) is 9.46. The summed E-state index contributed by atoms with van der Waals surface area (Å²) in [6, 6.07) is 17.0. The van der Waals surface area contributed by atoms with Crippen molar-refractivity contribution in [1.82, 2.24) is 25.5 Å². The largest absolute Gasteiger partial charge is 0.437 e. The van der Waals surface area contributed by atoms with Gasteiger partial charge in [0.05, 0.1) is 17.8 Å². The molecule has 8 nitrogen and oxygen atoms in total. The number of ether oxygens (including phenoxy) is 1. The summed E-state index contributed by atoms with van der Waals surface area (Å²) in [5, 5.41) is 6.63. The van der Waals surface area contributed by atoms with Crippen LogP contribution in [0.15, 0.2) is 67.0 Å². The number of piperidine rings is 1. The Kier molecular flexibility index (Phi) is 6.21. The Morgan fingerprint density at radius 3 is 2.69 bits per heavy atom. The molecule has 2 aromatic heterocycles. The van der Waals surface area contributed by atoms with Gasteiger partial charge in [0.1, 0.15) is 11.3 Å². The van der Waals surface area contributed by atoms with Crippen molar-refractivity contribution in [3.8, 4) is 11.6 Å². The molecule has 180 valence electrons. The van der Waals surface area contributed by atoms with Gasteiger partial charge in [0.2, 0.25) is 11.8 Å². The molecular formula is C27H29N5O3. The lowest BCUT2D eigenvalue weighted by Gasteiger charge is -2.40. The zero-order valence-corrected chi connectivity index (χ0v) is 19.9. The number of likely N-dealkylation sites (tertiary alicyclic amines) is 1. The fourth-order valence-corrected chi connectivity index (χ4v) is 5.43. The molecule has 2 fully saturated rings. The minimum absolute atomic E-state index is 0.0707. The van der Waals surface area contributed by atoms with Crippen LogP contribution < -0.4 is 15.4 Å². The molecule has 0 spiro atoms. The van der Waals surface area contributed by atoms with E-state index in [1.807, 2.05) is 36.1 Å². The third kappa shape index (κ3) is 4.49. The van der Waals surface area contributed by atoms with Gasteiger partial charge in [0, 0.05) is 37.8 Å². The molecule has 2 amide bonds. The Hall–Kier alpha value is -3.78. The highest BCUT2D eigenvalue weighted by Crippen LogP contribution is 2.47. The van der Waals surface area contributed by atoms with Crippen molar-refractivity contribution in [2.45, 2.75) is 31.8 Å². The summed E-state index contributed by atoms with van der Waals surface area (Å²) in [5.74, 6) is 0.535. The van der Waals surface area contributed by atoms with Crippen LogP contribution in [0.25, 0.3) is 0 Å². The van der Waals surface area contributed by atoms with Crippen molar-refractivity contribution < 1.29 is 14.3 Å². The molecule has 2 aliphatic rings. The SMILES string of the molecule is CC(=O)N[C@@]12CNCC[C@@H]1[C@@H](c1ccccc1)N(C(=O)c1cccnc1Oc1ccc(C)nc1)C2. The molecule has 1 aromatic carbocycles. The first-order chi connectivity index (χ1) is 17.0. The van der Waals surface area contributed by atoms with Crippen LogP contribution in [0.4, 0.5) is 0 Å². The monoisotopic (exact) mass is 471 g/mol. The molecule has 3 aromatic rings. The second-order valence-corrected chi connectivity index (χ2v) is 9.29. The number of amides is 2. The van der Waals surface area contributed by atoms with E-state index >= 15 is 0 Å². The molecule has 0 bridgehead atoms. The van der Waals surface area contributed by atoms with Gasteiger partial charge in [-0.05, 0) is 49.7 Å². The summed E-state index contributed by atoms with van der Waals surface area (Å²) in [7, 11) is 0. The van der Waals surface area contributed by atoms with Crippen LogP contribution in [0.1, 0.15) is 41.0 Å². The van der Waals surface area contributed by atoms with E-state index in [2.05, 4.69) is 32.7 Å². The predicted molar refractivity (Wildman–Crippen MR) is 131 cm³/mol. The first-order valence-electron chi connectivity index (χ1n) is 11.9. The Balaban J connectivity index is 1.54. The summed E-state index contributed by atoms with van der Waals surface area (Å²) in [6.07, 6.45) is 4.07. The molecule has 0 aliphatic carbocycles. The number of benzene rings is 1. The second-order valence-electron chi connectivity index (χ2n) is 9.29. The zero-order valence-electron chi connectivity index (χ0n) is 19.9. The molecular weight excluding hydrogens is 442 g/mol. The highest BCUT2D eigenvalue weighted by molar-refractivity contribution is 5.97. The van der Waals surface area contributed by atoms with Gasteiger partial charge >= 0.3 is 0 Å². The lowest BCUT2D eigenvalue weighted by molar-refractivity contribution is -0.121. The lowest BCUT2D eigenvalue weighted by Crippen LogP contribution is -2.62. The van der Waals surface area contributed by atoms with Gasteiger partial charge in [-0.1, -0.05) is 30.3 Å². The van der Waals surface area contributed by atoms with Crippen LogP contribution in [0.3, 0.4) is 0 Å². The van der Waals surface area contributed by atoms with Gasteiger partial charge in [-0.25, -0.2) is 4.98 Å². The Bertz CT molecular complexity index is 1220. The third-order valence-electron chi connectivity index (χ3n) is 6.88. The van der Waals surface area contributed by atoms with Gasteiger partial charge in [0.15, 0.2) is 0 Å². The Morgan fingerprint density at radius 2 is 1.94 bits per heavy atom. The molecule has 0 unspecified atom stereocenters. The van der Waals surface area contributed by atoms with E-state index in [0.717, 1.165) is 24.2 Å². The van der Waals surface area contributed by atoms with Crippen LogP contribution in [0.2, 0.25) is 0 Å². The molecule has 0 saturated carbocycles. The molecule has 5 rings (SSSR count). The standard InChI is InChI=1S/C27H29N5O3/c1-18-10-11-21(15-30-18)35-25-22(9-6-13-29-25)26(34)32-17-27(31-19(2)33)16-28-14-12-23(27)24(32)20-7-4-3-5-8-20/h3-11,13,15,23-24,28H,12,14,16-17H2,1-2H3,(H,31,33)/t23-,24-,27-/m1/s1. The first-order valence-corrected chi connectivity index (χ1v) is 11.9. The molecule has 3 atom stereocenters. The van der Waals surface area contributed by atoms with Crippen LogP contribution >= 0.6 is 0 Å². The Labute approximate surface area is 204 Å². The molecule has 8 heteroatoms. The fraction of sp³-hybridized carbons (Fsp3) is 0.333. The van der Waals surface area contributed by atoms with Gasteiger partial charge in [-0.15, -0.1) is 0 Å². The molecule has 4 heterocycles. The van der Waals surface area contributed by atoms with Crippen LogP contribution in [0.5, 0.6) is 11.6 Å². The maximum Gasteiger partial charge on any atom is 0.259 e. The summed E-state index contributed by atoms with van der Waals surface area (Å²) < 4.78 is 5.99. The molecule has 2 aliphatic heterocycles. The maximum absolute atomic E-state index is 14.1. The van der Waals surface area contributed by atoms with Crippen molar-refractivity contribution in [2.24, 2.45) is 5.92 Å². The van der Waals surface area contributed by atoms with E-state index in [1.54, 1.807) is 30.6 Å².